The lowest BCUT2D eigenvalue weighted by molar-refractivity contribution is -0.422. The van der Waals surface area contributed by atoms with Crippen LogP contribution in [0.15, 0.2) is 17.8 Å². The van der Waals surface area contributed by atoms with Crippen molar-refractivity contribution in [1.82, 2.24) is 0 Å². The van der Waals surface area contributed by atoms with Crippen molar-refractivity contribution in [3.05, 3.63) is 39.1 Å². The van der Waals surface area contributed by atoms with Gasteiger partial charge in [-0.05, 0) is 19.1 Å². The van der Waals surface area contributed by atoms with Crippen LogP contribution in [0.1, 0.15) is 25.0 Å². The lowest BCUT2D eigenvalue weighted by Crippen LogP contribution is -2.05. The minimum absolute atomic E-state index is 0.0688. The van der Waals surface area contributed by atoms with Gasteiger partial charge in [0.15, 0.2) is 0 Å². The molecule has 0 radical (unpaired) electrons. The highest BCUT2D eigenvalue weighted by molar-refractivity contribution is 5.63. The van der Waals surface area contributed by atoms with E-state index in [-0.39, 0.29) is 11.8 Å². The second-order valence-electron chi connectivity index (χ2n) is 4.38. The van der Waals surface area contributed by atoms with Crippen molar-refractivity contribution in [2.75, 3.05) is 7.11 Å². The lowest BCUT2D eigenvalue weighted by Gasteiger charge is -2.08. The van der Waals surface area contributed by atoms with Gasteiger partial charge < -0.3 is 9.47 Å². The second-order valence-corrected chi connectivity index (χ2v) is 4.38. The molecule has 0 saturated heterocycles. The van der Waals surface area contributed by atoms with Crippen LogP contribution < -0.4 is 9.47 Å². The Kier molecular flexibility index (Phi) is 3.23. The molecule has 1 atom stereocenters. The summed E-state index contributed by atoms with van der Waals surface area (Å²) in [6, 6.07) is 3.68. The van der Waals surface area contributed by atoms with Gasteiger partial charge in [-0.3, -0.25) is 10.1 Å². The van der Waals surface area contributed by atoms with Gasteiger partial charge in [-0.15, -0.1) is 0 Å². The Morgan fingerprint density at radius 2 is 2.33 bits per heavy atom. The Labute approximate surface area is 105 Å². The van der Waals surface area contributed by atoms with E-state index in [2.05, 4.69) is 0 Å². The van der Waals surface area contributed by atoms with Crippen molar-refractivity contribution >= 4 is 6.08 Å². The summed E-state index contributed by atoms with van der Waals surface area (Å²) in [5, 5.41) is 10.7. The molecule has 96 valence electrons. The standard InChI is InChI=1S/C13H15NO4/c1-8(14(15)16)4-10-7-13-11(5-9(2)18-13)6-12(10)17-3/h4,6-7,9H,5H2,1-3H3/b8-4+. The fourth-order valence-corrected chi connectivity index (χ4v) is 2.02. The first-order chi connectivity index (χ1) is 8.51. The van der Waals surface area contributed by atoms with Crippen LogP contribution >= 0.6 is 0 Å². The Morgan fingerprint density at radius 3 is 2.94 bits per heavy atom. The molecular weight excluding hydrogens is 234 g/mol. The lowest BCUT2D eigenvalue weighted by atomic mass is 10.1. The smallest absolute Gasteiger partial charge is 0.243 e. The molecule has 2 rings (SSSR count). The summed E-state index contributed by atoms with van der Waals surface area (Å²) in [7, 11) is 1.56. The molecule has 0 saturated carbocycles. The maximum atomic E-state index is 10.7. The number of rotatable bonds is 3. The van der Waals surface area contributed by atoms with Crippen LogP contribution in [0.3, 0.4) is 0 Å². The van der Waals surface area contributed by atoms with Gasteiger partial charge in [-0.1, -0.05) is 0 Å². The third kappa shape index (κ3) is 2.30. The maximum absolute atomic E-state index is 10.7. The van der Waals surface area contributed by atoms with Crippen LogP contribution in [0.4, 0.5) is 0 Å². The highest BCUT2D eigenvalue weighted by Crippen LogP contribution is 2.35. The number of nitro groups is 1. The molecule has 0 aliphatic carbocycles. The SMILES string of the molecule is COc1cc2c(cc1/C=C(\C)[N+](=O)[O-])OC(C)C2. The van der Waals surface area contributed by atoms with Crippen LogP contribution in [0.2, 0.25) is 0 Å². The van der Waals surface area contributed by atoms with Gasteiger partial charge in [0, 0.05) is 30.5 Å². The summed E-state index contributed by atoms with van der Waals surface area (Å²) in [6.07, 6.45) is 2.47. The number of allylic oxidation sites excluding steroid dienone is 1. The Hall–Kier alpha value is -2.04. The summed E-state index contributed by atoms with van der Waals surface area (Å²) in [4.78, 5) is 10.2. The van der Waals surface area contributed by atoms with Gasteiger partial charge in [0.05, 0.1) is 12.0 Å². The predicted molar refractivity (Wildman–Crippen MR) is 67.4 cm³/mol. The van der Waals surface area contributed by atoms with Crippen molar-refractivity contribution in [3.63, 3.8) is 0 Å². The van der Waals surface area contributed by atoms with Crippen molar-refractivity contribution in [1.29, 1.82) is 0 Å². The normalized spacial score (nSPS) is 18.2. The zero-order valence-corrected chi connectivity index (χ0v) is 10.6. The summed E-state index contributed by atoms with van der Waals surface area (Å²) >= 11 is 0. The number of ether oxygens (including phenoxy) is 2. The van der Waals surface area contributed by atoms with Crippen molar-refractivity contribution in [3.8, 4) is 11.5 Å². The molecule has 0 spiro atoms. The molecule has 0 fully saturated rings. The van der Waals surface area contributed by atoms with Crippen LogP contribution in [-0.4, -0.2) is 18.1 Å². The molecular formula is C13H15NO4. The van der Waals surface area contributed by atoms with E-state index in [1.807, 2.05) is 13.0 Å². The second kappa shape index (κ2) is 4.68. The largest absolute Gasteiger partial charge is 0.496 e. The van der Waals surface area contributed by atoms with E-state index in [0.29, 0.717) is 11.3 Å². The van der Waals surface area contributed by atoms with E-state index >= 15 is 0 Å². The molecule has 5 heteroatoms. The topological polar surface area (TPSA) is 61.6 Å². The molecule has 0 aromatic heterocycles. The number of benzene rings is 1. The summed E-state index contributed by atoms with van der Waals surface area (Å²) in [5.74, 6) is 1.42. The van der Waals surface area contributed by atoms with Crippen LogP contribution in [0.5, 0.6) is 11.5 Å². The molecule has 0 amide bonds. The molecule has 1 unspecified atom stereocenters. The van der Waals surface area contributed by atoms with Crippen LogP contribution in [0, 0.1) is 10.1 Å². The third-order valence-electron chi connectivity index (χ3n) is 2.90. The van der Waals surface area contributed by atoms with Crippen molar-refractivity contribution < 1.29 is 14.4 Å². The van der Waals surface area contributed by atoms with E-state index in [1.165, 1.54) is 13.0 Å². The Balaban J connectivity index is 2.45. The molecule has 5 nitrogen and oxygen atoms in total. The Bertz CT molecular complexity index is 522. The van der Waals surface area contributed by atoms with E-state index in [0.717, 1.165) is 17.7 Å². The third-order valence-corrected chi connectivity index (χ3v) is 2.90. The first-order valence-electron chi connectivity index (χ1n) is 5.71. The van der Waals surface area contributed by atoms with Crippen LogP contribution in [0.25, 0.3) is 6.08 Å². The average molecular weight is 249 g/mol. The first-order valence-corrected chi connectivity index (χ1v) is 5.71. The van der Waals surface area contributed by atoms with E-state index in [4.69, 9.17) is 9.47 Å². The zero-order valence-electron chi connectivity index (χ0n) is 10.6. The van der Waals surface area contributed by atoms with Gasteiger partial charge in [0.25, 0.3) is 0 Å². The Morgan fingerprint density at radius 1 is 1.61 bits per heavy atom. The molecule has 1 aliphatic rings. The highest BCUT2D eigenvalue weighted by atomic mass is 16.6. The first kappa shape index (κ1) is 12.4. The number of hydrogen-bond acceptors (Lipinski definition) is 4. The maximum Gasteiger partial charge on any atom is 0.243 e. The molecule has 18 heavy (non-hydrogen) atoms. The highest BCUT2D eigenvalue weighted by Gasteiger charge is 2.21. The molecule has 1 aromatic carbocycles. The predicted octanol–water partition coefficient (Wildman–Crippen LogP) is 2.66. The monoisotopic (exact) mass is 249 g/mol. The fourth-order valence-electron chi connectivity index (χ4n) is 2.02. The summed E-state index contributed by atoms with van der Waals surface area (Å²) in [5.41, 5.74) is 1.81. The fraction of sp³-hybridized carbons (Fsp3) is 0.385. The van der Waals surface area contributed by atoms with Crippen molar-refractivity contribution in [2.45, 2.75) is 26.4 Å². The number of fused-ring (bicyclic) bond motifs is 1. The number of nitrogens with zero attached hydrogens (tertiary/aromatic N) is 1. The van der Waals surface area contributed by atoms with Gasteiger partial charge in [-0.25, -0.2) is 0 Å². The quantitative estimate of drug-likeness (QED) is 0.610. The zero-order chi connectivity index (χ0) is 13.3. The minimum Gasteiger partial charge on any atom is -0.496 e. The van der Waals surface area contributed by atoms with E-state index in [1.54, 1.807) is 13.2 Å². The molecule has 1 heterocycles. The van der Waals surface area contributed by atoms with Gasteiger partial charge in [0.2, 0.25) is 5.70 Å². The summed E-state index contributed by atoms with van der Waals surface area (Å²) in [6.45, 7) is 3.44. The molecule has 0 bridgehead atoms. The number of methoxy groups -OCH3 is 1. The molecule has 0 N–H and O–H groups in total. The number of hydrogen-bond donors (Lipinski definition) is 0. The van der Waals surface area contributed by atoms with Crippen molar-refractivity contribution in [2.24, 2.45) is 0 Å². The van der Waals surface area contributed by atoms with Gasteiger partial charge >= 0.3 is 0 Å². The molecule has 1 aliphatic heterocycles. The van der Waals surface area contributed by atoms with Gasteiger partial charge in [-0.2, -0.15) is 0 Å². The minimum atomic E-state index is -0.420. The van der Waals surface area contributed by atoms with Crippen LogP contribution in [-0.2, 0) is 6.42 Å². The van der Waals surface area contributed by atoms with E-state index in [9.17, 15) is 10.1 Å². The average Bonchev–Trinajstić information content (AvgIpc) is 2.66. The molecule has 1 aromatic rings. The van der Waals surface area contributed by atoms with Gasteiger partial charge in [0.1, 0.15) is 17.6 Å². The van der Waals surface area contributed by atoms with E-state index < -0.39 is 4.92 Å². The summed E-state index contributed by atoms with van der Waals surface area (Å²) < 4.78 is 10.9.